The number of alkyl halides is 1. The van der Waals surface area contributed by atoms with Crippen LogP contribution in [0.2, 0.25) is 10.0 Å². The minimum Gasteiger partial charge on any atom is -0.324 e. The Morgan fingerprint density at radius 2 is 1.96 bits per heavy atom. The Kier molecular flexibility index (Phi) is 8.14. The normalized spacial score (nSPS) is 12.8. The van der Waals surface area contributed by atoms with E-state index in [1.54, 1.807) is 17.8 Å². The topological polar surface area (TPSA) is 104 Å². The lowest BCUT2D eigenvalue weighted by Gasteiger charge is -2.06. The average molecular weight is 499 g/mol. The zero-order chi connectivity index (χ0) is 19.5. The molecular formula is C13H15Cl3NO5PS3. The second-order valence-corrected chi connectivity index (χ2v) is 12.2. The van der Waals surface area contributed by atoms with Crippen LogP contribution in [0.15, 0.2) is 16.3 Å². The number of nitrogens with one attached hydrogen (secondary N) is 1. The van der Waals surface area contributed by atoms with E-state index in [-0.39, 0.29) is 4.21 Å². The van der Waals surface area contributed by atoms with Gasteiger partial charge in [-0.3, -0.25) is 4.57 Å². The lowest BCUT2D eigenvalue weighted by atomic mass is 10.2. The minimum absolute atomic E-state index is 0.114. The highest BCUT2D eigenvalue weighted by atomic mass is 35.5. The summed E-state index contributed by atoms with van der Waals surface area (Å²) in [7, 11) is -8.60. The molecule has 146 valence electrons. The van der Waals surface area contributed by atoms with Gasteiger partial charge in [-0.05, 0) is 29.9 Å². The molecule has 6 nitrogen and oxygen atoms in total. The van der Waals surface area contributed by atoms with Crippen LogP contribution in [-0.4, -0.2) is 36.1 Å². The van der Waals surface area contributed by atoms with Crippen molar-refractivity contribution in [1.82, 2.24) is 4.72 Å². The van der Waals surface area contributed by atoms with Gasteiger partial charge in [-0.15, -0.1) is 22.9 Å². The van der Waals surface area contributed by atoms with E-state index in [1.807, 2.05) is 4.72 Å². The summed E-state index contributed by atoms with van der Waals surface area (Å²) in [6.45, 7) is 0. The molecule has 0 atom stereocenters. The van der Waals surface area contributed by atoms with E-state index in [4.69, 9.17) is 44.6 Å². The molecule has 0 unspecified atom stereocenters. The van der Waals surface area contributed by atoms with Crippen LogP contribution in [0.4, 0.5) is 0 Å². The fourth-order valence-corrected chi connectivity index (χ4v) is 7.41. The number of thiophene rings is 1. The standard InChI is InChI=1S/C13H15Cl3NO5PS3/c14-2-1-3-24-6-8-4-10(15)13-9(12(8)16)5-11(25-13)26(21,22)17-7-23(18,19)20/h4-5,17H,1-3,6-7H2,(H2,18,19,20). The van der Waals surface area contributed by atoms with Gasteiger partial charge in [0.15, 0.2) is 0 Å². The molecule has 0 saturated heterocycles. The highest BCUT2D eigenvalue weighted by molar-refractivity contribution is 7.98. The molecule has 0 spiro atoms. The monoisotopic (exact) mass is 497 g/mol. The summed E-state index contributed by atoms with van der Waals surface area (Å²) in [6.07, 6.45) is -0.112. The van der Waals surface area contributed by atoms with Crippen LogP contribution >= 0.6 is 65.5 Å². The molecule has 0 aliphatic carbocycles. The molecule has 13 heteroatoms. The van der Waals surface area contributed by atoms with Gasteiger partial charge in [-0.25, -0.2) is 8.42 Å². The van der Waals surface area contributed by atoms with Crippen molar-refractivity contribution in [3.8, 4) is 0 Å². The number of benzene rings is 1. The van der Waals surface area contributed by atoms with Crippen LogP contribution in [-0.2, 0) is 20.3 Å². The van der Waals surface area contributed by atoms with Crippen molar-refractivity contribution in [2.24, 2.45) is 0 Å². The maximum atomic E-state index is 12.3. The first-order valence-corrected chi connectivity index (χ1v) is 13.7. The van der Waals surface area contributed by atoms with Gasteiger partial charge in [0.25, 0.3) is 10.0 Å². The van der Waals surface area contributed by atoms with Gasteiger partial charge >= 0.3 is 7.60 Å². The molecular weight excluding hydrogens is 484 g/mol. The molecule has 2 aromatic rings. The van der Waals surface area contributed by atoms with Crippen molar-refractivity contribution in [3.05, 3.63) is 27.7 Å². The van der Waals surface area contributed by atoms with Gasteiger partial charge < -0.3 is 9.79 Å². The van der Waals surface area contributed by atoms with Gasteiger partial charge in [-0.1, -0.05) is 23.2 Å². The fraction of sp³-hybridized carbons (Fsp3) is 0.385. The molecule has 0 saturated carbocycles. The van der Waals surface area contributed by atoms with Crippen LogP contribution in [0.25, 0.3) is 10.1 Å². The molecule has 0 fully saturated rings. The number of thioether (sulfide) groups is 1. The number of fused-ring (bicyclic) bond motifs is 1. The lowest BCUT2D eigenvalue weighted by molar-refractivity contribution is 0.371. The molecule has 0 bridgehead atoms. The summed E-state index contributed by atoms with van der Waals surface area (Å²) in [4.78, 5) is 17.7. The molecule has 1 aromatic heterocycles. The molecule has 0 radical (unpaired) electrons. The van der Waals surface area contributed by atoms with Gasteiger partial charge in [-0.2, -0.15) is 16.5 Å². The van der Waals surface area contributed by atoms with Gasteiger partial charge in [0.05, 0.1) is 14.7 Å². The first-order valence-electron chi connectivity index (χ1n) is 7.13. The minimum atomic E-state index is -4.51. The van der Waals surface area contributed by atoms with Crippen LogP contribution in [0.3, 0.4) is 0 Å². The van der Waals surface area contributed by atoms with E-state index >= 15 is 0 Å². The van der Waals surface area contributed by atoms with Crippen LogP contribution in [0.1, 0.15) is 12.0 Å². The van der Waals surface area contributed by atoms with Crippen molar-refractivity contribution in [1.29, 1.82) is 0 Å². The third kappa shape index (κ3) is 5.98. The Labute approximate surface area is 174 Å². The SMILES string of the molecule is O=P(O)(O)CNS(=O)(=O)c1cc2c(Cl)c(CSCCCCl)cc(Cl)c2s1. The number of rotatable bonds is 9. The van der Waals surface area contributed by atoms with Gasteiger partial charge in [0.1, 0.15) is 10.5 Å². The predicted molar refractivity (Wildman–Crippen MR) is 111 cm³/mol. The van der Waals surface area contributed by atoms with Crippen molar-refractivity contribution in [3.63, 3.8) is 0 Å². The zero-order valence-corrected chi connectivity index (χ0v) is 18.7. The van der Waals surface area contributed by atoms with E-state index in [0.717, 1.165) is 29.1 Å². The van der Waals surface area contributed by atoms with Gasteiger partial charge in [0.2, 0.25) is 0 Å². The Morgan fingerprint density at radius 3 is 2.58 bits per heavy atom. The van der Waals surface area contributed by atoms with Crippen molar-refractivity contribution in [2.45, 2.75) is 16.4 Å². The maximum absolute atomic E-state index is 12.3. The molecule has 26 heavy (non-hydrogen) atoms. The predicted octanol–water partition coefficient (Wildman–Crippen LogP) is 4.48. The molecule has 3 N–H and O–H groups in total. The van der Waals surface area contributed by atoms with E-state index in [2.05, 4.69) is 0 Å². The molecule has 1 heterocycles. The van der Waals surface area contributed by atoms with Crippen LogP contribution in [0.5, 0.6) is 0 Å². The highest BCUT2D eigenvalue weighted by Gasteiger charge is 2.24. The Balaban J connectivity index is 2.33. The van der Waals surface area contributed by atoms with E-state index in [0.29, 0.717) is 31.8 Å². The largest absolute Gasteiger partial charge is 0.340 e. The first-order chi connectivity index (χ1) is 12.0. The number of sulfonamides is 1. The third-order valence-electron chi connectivity index (χ3n) is 3.15. The Morgan fingerprint density at radius 1 is 1.27 bits per heavy atom. The van der Waals surface area contributed by atoms with E-state index in [9.17, 15) is 13.0 Å². The van der Waals surface area contributed by atoms with Crippen LogP contribution in [0, 0.1) is 0 Å². The lowest BCUT2D eigenvalue weighted by Crippen LogP contribution is -2.23. The average Bonchev–Trinajstić information content (AvgIpc) is 3.01. The summed E-state index contributed by atoms with van der Waals surface area (Å²) in [5, 5.41) is 1.28. The Bertz CT molecular complexity index is 944. The summed E-state index contributed by atoms with van der Waals surface area (Å²) in [6, 6.07) is 3.07. The summed E-state index contributed by atoms with van der Waals surface area (Å²) >= 11 is 20.9. The molecule has 2 rings (SSSR count). The number of hydrogen-bond acceptors (Lipinski definition) is 5. The van der Waals surface area contributed by atoms with Crippen LogP contribution < -0.4 is 4.72 Å². The van der Waals surface area contributed by atoms with E-state index < -0.39 is 23.9 Å². The highest BCUT2D eigenvalue weighted by Crippen LogP contribution is 2.41. The third-order valence-corrected chi connectivity index (χ3v) is 9.19. The number of halogens is 3. The fourth-order valence-electron chi connectivity index (χ4n) is 1.98. The zero-order valence-electron chi connectivity index (χ0n) is 13.1. The smallest absolute Gasteiger partial charge is 0.324 e. The maximum Gasteiger partial charge on any atom is 0.340 e. The number of hydrogen-bond donors (Lipinski definition) is 3. The van der Waals surface area contributed by atoms with Crippen molar-refractivity contribution in [2.75, 3.05) is 17.9 Å². The summed E-state index contributed by atoms with van der Waals surface area (Å²) in [5.74, 6) is 2.05. The first kappa shape index (κ1) is 22.7. The van der Waals surface area contributed by atoms with E-state index in [1.165, 1.54) is 6.07 Å². The molecule has 0 aliphatic heterocycles. The van der Waals surface area contributed by atoms with Crippen molar-refractivity contribution < 1.29 is 22.8 Å². The second-order valence-electron chi connectivity index (χ2n) is 5.21. The summed E-state index contributed by atoms with van der Waals surface area (Å²) < 4.78 is 37.7. The summed E-state index contributed by atoms with van der Waals surface area (Å²) in [5.41, 5.74) is 0.786. The second kappa shape index (κ2) is 9.31. The molecule has 1 aromatic carbocycles. The quantitative estimate of drug-likeness (QED) is 0.267. The Hall–Kier alpha value is 0.460. The molecule has 0 aliphatic rings. The van der Waals surface area contributed by atoms with Gasteiger partial charge in [0, 0.05) is 17.0 Å². The van der Waals surface area contributed by atoms with Crippen molar-refractivity contribution >= 4 is 85.6 Å². The molecule has 0 amide bonds.